The summed E-state index contributed by atoms with van der Waals surface area (Å²) in [4.78, 5) is 38.1. The summed E-state index contributed by atoms with van der Waals surface area (Å²) < 4.78 is 15.7. The van der Waals surface area contributed by atoms with Crippen molar-refractivity contribution < 1.29 is 13.9 Å². The molecule has 3 aromatic heterocycles. The van der Waals surface area contributed by atoms with Crippen LogP contribution in [0.5, 0.6) is 0 Å². The van der Waals surface area contributed by atoms with Gasteiger partial charge in [-0.1, -0.05) is 35.6 Å². The maximum atomic E-state index is 13.9. The summed E-state index contributed by atoms with van der Waals surface area (Å²) in [6.45, 7) is 5.39. The molecule has 0 fully saturated rings. The number of nitrogens with zero attached hydrogens (tertiary/aromatic N) is 3. The van der Waals surface area contributed by atoms with Gasteiger partial charge in [-0.2, -0.15) is 0 Å². The van der Waals surface area contributed by atoms with E-state index in [0.717, 1.165) is 25.0 Å². The molecule has 0 saturated carbocycles. The van der Waals surface area contributed by atoms with Crippen molar-refractivity contribution in [1.29, 1.82) is 0 Å². The second kappa shape index (κ2) is 11.5. The van der Waals surface area contributed by atoms with Gasteiger partial charge in [0.2, 0.25) is 0 Å². The molecule has 0 saturated heterocycles. The highest BCUT2D eigenvalue weighted by Crippen LogP contribution is 2.35. The Morgan fingerprint density at radius 1 is 1.10 bits per heavy atom. The summed E-state index contributed by atoms with van der Waals surface area (Å²) in [6, 6.07) is 18.9. The first-order valence-corrected chi connectivity index (χ1v) is 16.5. The third kappa shape index (κ3) is 5.59. The van der Waals surface area contributed by atoms with Crippen LogP contribution in [0.4, 0.5) is 0 Å². The molecular weight excluding hydrogens is 595 g/mol. The van der Waals surface area contributed by atoms with Gasteiger partial charge in [0.1, 0.15) is 5.76 Å². The average Bonchev–Trinajstić information content (AvgIpc) is 3.65. The SMILES string of the molecule is CSc1ccc([C@@H]2C(C(=O)OC(C)C)=C(C)N=c3s/c(=C/c4ccc(Sc5nc6ccccc6s5)o4)c(=O)n32)cc1. The van der Waals surface area contributed by atoms with E-state index >= 15 is 0 Å². The lowest BCUT2D eigenvalue weighted by Gasteiger charge is -2.25. The van der Waals surface area contributed by atoms with Crippen molar-refractivity contribution in [2.24, 2.45) is 4.99 Å². The van der Waals surface area contributed by atoms with Crippen LogP contribution in [0.2, 0.25) is 0 Å². The molecule has 7 nitrogen and oxygen atoms in total. The molecule has 0 amide bonds. The number of allylic oxidation sites excluding steroid dienone is 1. The van der Waals surface area contributed by atoms with Gasteiger partial charge in [-0.15, -0.1) is 23.1 Å². The lowest BCUT2D eigenvalue weighted by atomic mass is 9.96. The minimum atomic E-state index is -0.655. The number of esters is 1. The topological polar surface area (TPSA) is 86.7 Å². The molecule has 208 valence electrons. The van der Waals surface area contributed by atoms with Crippen molar-refractivity contribution >= 4 is 68.5 Å². The Morgan fingerprint density at radius 3 is 2.61 bits per heavy atom. The van der Waals surface area contributed by atoms with E-state index in [-0.39, 0.29) is 11.7 Å². The summed E-state index contributed by atoms with van der Waals surface area (Å²) in [5.74, 6) is 0.0759. The van der Waals surface area contributed by atoms with Gasteiger partial charge in [-0.25, -0.2) is 14.8 Å². The summed E-state index contributed by atoms with van der Waals surface area (Å²) in [7, 11) is 0. The molecule has 0 radical (unpaired) electrons. The third-order valence-electron chi connectivity index (χ3n) is 6.35. The highest BCUT2D eigenvalue weighted by Gasteiger charge is 2.33. The van der Waals surface area contributed by atoms with Crippen molar-refractivity contribution in [3.63, 3.8) is 0 Å². The van der Waals surface area contributed by atoms with Crippen molar-refractivity contribution in [3.05, 3.63) is 103 Å². The Labute approximate surface area is 252 Å². The smallest absolute Gasteiger partial charge is 0.338 e. The summed E-state index contributed by atoms with van der Waals surface area (Å²) in [5.41, 5.74) is 2.43. The number of benzene rings is 2. The number of furan rings is 1. The highest BCUT2D eigenvalue weighted by molar-refractivity contribution is 8.01. The number of carbonyl (C=O) groups excluding carboxylic acids is 1. The number of aromatic nitrogens is 2. The fourth-order valence-electron chi connectivity index (χ4n) is 4.54. The van der Waals surface area contributed by atoms with Crippen LogP contribution in [0, 0.1) is 0 Å². The van der Waals surface area contributed by atoms with Gasteiger partial charge in [-0.05, 0) is 80.8 Å². The minimum Gasteiger partial charge on any atom is -0.459 e. The number of thioether (sulfide) groups is 1. The zero-order chi connectivity index (χ0) is 28.7. The molecule has 0 unspecified atom stereocenters. The molecule has 5 aromatic rings. The summed E-state index contributed by atoms with van der Waals surface area (Å²) in [6.07, 6.45) is 3.43. The van der Waals surface area contributed by atoms with Crippen LogP contribution in [0.15, 0.2) is 100 Å². The normalized spacial score (nSPS) is 15.4. The Kier molecular flexibility index (Phi) is 7.78. The van der Waals surface area contributed by atoms with E-state index in [2.05, 4.69) is 9.98 Å². The lowest BCUT2D eigenvalue weighted by molar-refractivity contribution is -0.143. The average molecular weight is 620 g/mol. The Hall–Kier alpha value is -3.38. The van der Waals surface area contributed by atoms with Gasteiger partial charge >= 0.3 is 5.97 Å². The number of ether oxygens (including phenoxy) is 1. The standard InChI is InChI=1S/C30H25N3O4S4/c1-16(2)36-28(35)25-17(3)31-29-33(26(25)18-9-12-20(38-4)13-10-18)27(34)23(39-29)15-19-11-14-24(37-19)41-30-32-21-7-5-6-8-22(21)40-30/h5-16,26H,1-4H3/b23-15+/t26-/m1/s1. The quantitative estimate of drug-likeness (QED) is 0.157. The van der Waals surface area contributed by atoms with Crippen LogP contribution in [-0.2, 0) is 9.53 Å². The predicted molar refractivity (Wildman–Crippen MR) is 166 cm³/mol. The number of rotatable bonds is 7. The molecule has 11 heteroatoms. The zero-order valence-corrected chi connectivity index (χ0v) is 25.9. The van der Waals surface area contributed by atoms with Crippen molar-refractivity contribution in [3.8, 4) is 0 Å². The van der Waals surface area contributed by atoms with Gasteiger partial charge in [0.15, 0.2) is 14.2 Å². The molecular formula is C30H25N3O4S4. The van der Waals surface area contributed by atoms with Crippen molar-refractivity contribution in [2.75, 3.05) is 6.26 Å². The van der Waals surface area contributed by atoms with Gasteiger partial charge in [0, 0.05) is 11.0 Å². The van der Waals surface area contributed by atoms with E-state index < -0.39 is 12.0 Å². The van der Waals surface area contributed by atoms with Gasteiger partial charge in [0.05, 0.1) is 38.2 Å². The zero-order valence-electron chi connectivity index (χ0n) is 22.6. The lowest BCUT2D eigenvalue weighted by Crippen LogP contribution is -2.40. The first-order chi connectivity index (χ1) is 19.8. The van der Waals surface area contributed by atoms with Crippen LogP contribution in [0.1, 0.15) is 38.1 Å². The van der Waals surface area contributed by atoms with E-state index in [1.807, 2.05) is 66.9 Å². The van der Waals surface area contributed by atoms with E-state index in [9.17, 15) is 9.59 Å². The first kappa shape index (κ1) is 27.8. The maximum Gasteiger partial charge on any atom is 0.338 e. The fourth-order valence-corrected chi connectivity index (χ4v) is 7.94. The number of hydrogen-bond donors (Lipinski definition) is 0. The number of para-hydroxylation sites is 1. The van der Waals surface area contributed by atoms with Crippen LogP contribution >= 0.6 is 46.2 Å². The third-order valence-corrected chi connectivity index (χ3v) is 10.1. The van der Waals surface area contributed by atoms with Crippen molar-refractivity contribution in [1.82, 2.24) is 9.55 Å². The first-order valence-electron chi connectivity index (χ1n) is 12.8. The number of hydrogen-bond acceptors (Lipinski definition) is 10. The maximum absolute atomic E-state index is 13.9. The molecule has 0 aliphatic carbocycles. The molecule has 1 aliphatic heterocycles. The molecule has 41 heavy (non-hydrogen) atoms. The molecule has 0 bridgehead atoms. The number of carbonyl (C=O) groups is 1. The van der Waals surface area contributed by atoms with Gasteiger partial charge < -0.3 is 9.15 Å². The van der Waals surface area contributed by atoms with Crippen LogP contribution in [0.3, 0.4) is 0 Å². The predicted octanol–water partition coefficient (Wildman–Crippen LogP) is 6.26. The van der Waals surface area contributed by atoms with Crippen LogP contribution in [-0.4, -0.2) is 27.9 Å². The second-order valence-corrected chi connectivity index (χ2v) is 13.7. The minimum absolute atomic E-state index is 0.244. The Balaban J connectivity index is 1.39. The van der Waals surface area contributed by atoms with E-state index in [0.29, 0.717) is 31.5 Å². The van der Waals surface area contributed by atoms with Crippen molar-refractivity contribution in [2.45, 2.75) is 47.2 Å². The molecule has 0 N–H and O–H groups in total. The molecule has 2 aromatic carbocycles. The molecule has 4 heterocycles. The Bertz CT molecular complexity index is 1950. The largest absolute Gasteiger partial charge is 0.459 e. The molecule has 1 atom stereocenters. The molecule has 0 spiro atoms. The number of fused-ring (bicyclic) bond motifs is 2. The van der Waals surface area contributed by atoms with Gasteiger partial charge in [-0.3, -0.25) is 9.36 Å². The Morgan fingerprint density at radius 2 is 1.88 bits per heavy atom. The monoisotopic (exact) mass is 619 g/mol. The summed E-state index contributed by atoms with van der Waals surface area (Å²) in [5, 5.41) is 0.685. The molecule has 1 aliphatic rings. The van der Waals surface area contributed by atoms with E-state index in [1.54, 1.807) is 54.5 Å². The van der Waals surface area contributed by atoms with E-state index in [4.69, 9.17) is 9.15 Å². The highest BCUT2D eigenvalue weighted by atomic mass is 32.2. The van der Waals surface area contributed by atoms with Gasteiger partial charge in [0.25, 0.3) is 5.56 Å². The van der Waals surface area contributed by atoms with Crippen LogP contribution in [0.25, 0.3) is 16.3 Å². The fraction of sp³-hybridized carbons (Fsp3) is 0.200. The number of thiazole rings is 2. The van der Waals surface area contributed by atoms with Crippen LogP contribution < -0.4 is 14.9 Å². The van der Waals surface area contributed by atoms with E-state index in [1.165, 1.54) is 23.1 Å². The second-order valence-electron chi connectivity index (χ2n) is 9.52. The summed E-state index contributed by atoms with van der Waals surface area (Å²) >= 11 is 5.95. The molecule has 6 rings (SSSR count).